The second-order valence-electron chi connectivity index (χ2n) is 5.56. The van der Waals surface area contributed by atoms with Crippen LogP contribution in [0, 0.1) is 6.92 Å². The number of fused-ring (bicyclic) bond motifs is 1. The molecule has 0 radical (unpaired) electrons. The average Bonchev–Trinajstić information content (AvgIpc) is 3.27. The molecule has 0 aliphatic carbocycles. The van der Waals surface area contributed by atoms with Gasteiger partial charge in [-0.2, -0.15) is 0 Å². The Kier molecular flexibility index (Phi) is 4.19. The summed E-state index contributed by atoms with van der Waals surface area (Å²) in [6.45, 7) is 1.91. The van der Waals surface area contributed by atoms with Crippen LogP contribution in [-0.2, 0) is 12.8 Å². The zero-order valence-corrected chi connectivity index (χ0v) is 15.4. The van der Waals surface area contributed by atoms with Gasteiger partial charge in [-0.25, -0.2) is 9.97 Å². The van der Waals surface area contributed by atoms with E-state index in [1.807, 2.05) is 42.6 Å². The van der Waals surface area contributed by atoms with E-state index in [1.165, 1.54) is 11.8 Å². The summed E-state index contributed by atoms with van der Waals surface area (Å²) < 4.78 is 7.35. The third-order valence-electron chi connectivity index (χ3n) is 3.90. The number of hydrogen-bond donors (Lipinski definition) is 0. The highest BCUT2D eigenvalue weighted by Gasteiger charge is 2.14. The van der Waals surface area contributed by atoms with Crippen molar-refractivity contribution in [1.29, 1.82) is 0 Å². The molecule has 0 unspecified atom stereocenters. The molecular formula is C18H15N3O2S2. The van der Waals surface area contributed by atoms with Crippen molar-refractivity contribution in [3.8, 4) is 10.8 Å². The van der Waals surface area contributed by atoms with Gasteiger partial charge in [0.05, 0.1) is 21.5 Å². The minimum atomic E-state index is -0.0377. The Morgan fingerprint density at radius 2 is 2.04 bits per heavy atom. The molecule has 0 saturated heterocycles. The minimum absolute atomic E-state index is 0.0377. The lowest BCUT2D eigenvalue weighted by Crippen LogP contribution is -2.19. The molecule has 4 rings (SSSR count). The number of hydrogen-bond acceptors (Lipinski definition) is 6. The number of rotatable bonds is 4. The highest BCUT2D eigenvalue weighted by atomic mass is 32.2. The predicted molar refractivity (Wildman–Crippen MR) is 101 cm³/mol. The molecule has 0 amide bonds. The van der Waals surface area contributed by atoms with Crippen LogP contribution in [-0.4, -0.2) is 14.5 Å². The quantitative estimate of drug-likeness (QED) is 0.397. The summed E-state index contributed by atoms with van der Waals surface area (Å²) in [5, 5.41) is 3.30. The Labute approximate surface area is 152 Å². The Morgan fingerprint density at radius 1 is 1.20 bits per heavy atom. The third-order valence-corrected chi connectivity index (χ3v) is 5.80. The molecule has 126 valence electrons. The fourth-order valence-corrected chi connectivity index (χ4v) is 4.15. The van der Waals surface area contributed by atoms with Crippen LogP contribution < -0.4 is 5.56 Å². The van der Waals surface area contributed by atoms with E-state index in [-0.39, 0.29) is 5.56 Å². The fourth-order valence-electron chi connectivity index (χ4n) is 2.53. The molecule has 7 heteroatoms. The number of nitrogens with zero attached hydrogens (tertiary/aromatic N) is 3. The zero-order chi connectivity index (χ0) is 17.4. The van der Waals surface area contributed by atoms with E-state index in [0.717, 1.165) is 16.3 Å². The van der Waals surface area contributed by atoms with Crippen LogP contribution in [0.1, 0.15) is 11.5 Å². The SMILES string of the molecule is Cc1oc(-c2cccs2)nc1CSc1nc2ccccc2c(=O)n1C. The molecule has 0 fully saturated rings. The number of aryl methyl sites for hydroxylation is 1. The molecule has 0 bridgehead atoms. The molecular weight excluding hydrogens is 354 g/mol. The highest BCUT2D eigenvalue weighted by molar-refractivity contribution is 7.98. The van der Waals surface area contributed by atoms with Crippen molar-refractivity contribution in [2.45, 2.75) is 17.8 Å². The molecule has 0 aliphatic heterocycles. The van der Waals surface area contributed by atoms with E-state index in [2.05, 4.69) is 9.97 Å². The summed E-state index contributed by atoms with van der Waals surface area (Å²) in [6, 6.07) is 11.4. The largest absolute Gasteiger partial charge is 0.440 e. The van der Waals surface area contributed by atoms with Crippen LogP contribution in [0.5, 0.6) is 0 Å². The summed E-state index contributed by atoms with van der Waals surface area (Å²) in [6.07, 6.45) is 0. The number of aromatic nitrogens is 3. The maximum atomic E-state index is 12.5. The summed E-state index contributed by atoms with van der Waals surface area (Å²) >= 11 is 3.08. The Balaban J connectivity index is 1.63. The molecule has 4 aromatic rings. The zero-order valence-electron chi connectivity index (χ0n) is 13.7. The second kappa shape index (κ2) is 6.50. The van der Waals surface area contributed by atoms with Crippen molar-refractivity contribution in [3.63, 3.8) is 0 Å². The molecule has 0 spiro atoms. The van der Waals surface area contributed by atoms with Gasteiger partial charge < -0.3 is 4.42 Å². The summed E-state index contributed by atoms with van der Waals surface area (Å²) in [5.74, 6) is 2.03. The van der Waals surface area contributed by atoms with Crippen molar-refractivity contribution in [3.05, 3.63) is 63.6 Å². The third kappa shape index (κ3) is 3.01. The lowest BCUT2D eigenvalue weighted by molar-refractivity contribution is 0.542. The van der Waals surface area contributed by atoms with E-state index in [1.54, 1.807) is 29.0 Å². The van der Waals surface area contributed by atoms with E-state index in [4.69, 9.17) is 4.42 Å². The maximum Gasteiger partial charge on any atom is 0.261 e. The number of benzene rings is 1. The van der Waals surface area contributed by atoms with Crippen molar-refractivity contribution in [2.24, 2.45) is 7.05 Å². The molecule has 25 heavy (non-hydrogen) atoms. The van der Waals surface area contributed by atoms with Crippen molar-refractivity contribution in [2.75, 3.05) is 0 Å². The van der Waals surface area contributed by atoms with Crippen LogP contribution in [0.15, 0.2) is 56.1 Å². The lowest BCUT2D eigenvalue weighted by Gasteiger charge is -2.07. The Morgan fingerprint density at radius 3 is 2.84 bits per heavy atom. The molecule has 0 N–H and O–H groups in total. The van der Waals surface area contributed by atoms with Crippen molar-refractivity contribution < 1.29 is 4.42 Å². The fraction of sp³-hybridized carbons (Fsp3) is 0.167. The van der Waals surface area contributed by atoms with Crippen LogP contribution in [0.3, 0.4) is 0 Å². The lowest BCUT2D eigenvalue weighted by atomic mass is 10.2. The van der Waals surface area contributed by atoms with Crippen molar-refractivity contribution in [1.82, 2.24) is 14.5 Å². The standard InChI is InChI=1S/C18H15N3O2S2/c1-11-14(19-16(23-11)15-8-5-9-24-15)10-25-18-20-13-7-4-3-6-12(13)17(22)21(18)2/h3-9H,10H2,1-2H3. The van der Waals surface area contributed by atoms with E-state index in [0.29, 0.717) is 27.7 Å². The summed E-state index contributed by atoms with van der Waals surface area (Å²) in [7, 11) is 1.75. The molecule has 0 aliphatic rings. The van der Waals surface area contributed by atoms with E-state index in [9.17, 15) is 4.79 Å². The minimum Gasteiger partial charge on any atom is -0.440 e. The molecule has 3 aromatic heterocycles. The van der Waals surface area contributed by atoms with Gasteiger partial charge in [0.1, 0.15) is 5.76 Å². The number of oxazole rings is 1. The van der Waals surface area contributed by atoms with Gasteiger partial charge in [-0.1, -0.05) is 30.0 Å². The molecule has 1 aromatic carbocycles. The highest BCUT2D eigenvalue weighted by Crippen LogP contribution is 2.29. The predicted octanol–water partition coefficient (Wildman–Crippen LogP) is 4.25. The van der Waals surface area contributed by atoms with Crippen molar-refractivity contribution >= 4 is 34.0 Å². The van der Waals surface area contributed by atoms with Gasteiger partial charge in [0, 0.05) is 12.8 Å². The van der Waals surface area contributed by atoms with Crippen LogP contribution >= 0.6 is 23.1 Å². The number of thiophene rings is 1. The topological polar surface area (TPSA) is 60.9 Å². The van der Waals surface area contributed by atoms with E-state index >= 15 is 0 Å². The first kappa shape index (κ1) is 16.1. The van der Waals surface area contributed by atoms with E-state index < -0.39 is 0 Å². The first-order valence-electron chi connectivity index (χ1n) is 7.72. The number of thioether (sulfide) groups is 1. The normalized spacial score (nSPS) is 11.3. The van der Waals surface area contributed by atoms with Gasteiger partial charge in [0.15, 0.2) is 5.16 Å². The Bertz CT molecular complexity index is 1100. The Hall–Kier alpha value is -2.38. The van der Waals surface area contributed by atoms with Crippen LogP contribution in [0.4, 0.5) is 0 Å². The summed E-state index contributed by atoms with van der Waals surface area (Å²) in [4.78, 5) is 22.7. The van der Waals surface area contributed by atoms with Crippen LogP contribution in [0.25, 0.3) is 21.7 Å². The summed E-state index contributed by atoms with van der Waals surface area (Å²) in [5.41, 5.74) is 1.55. The van der Waals surface area contributed by atoms with Gasteiger partial charge in [-0.3, -0.25) is 9.36 Å². The first-order chi connectivity index (χ1) is 12.1. The maximum absolute atomic E-state index is 12.5. The number of para-hydroxylation sites is 1. The van der Waals surface area contributed by atoms with Gasteiger partial charge in [0.2, 0.25) is 5.89 Å². The first-order valence-corrected chi connectivity index (χ1v) is 9.59. The monoisotopic (exact) mass is 369 g/mol. The van der Waals surface area contributed by atoms with Gasteiger partial charge in [-0.15, -0.1) is 11.3 Å². The second-order valence-corrected chi connectivity index (χ2v) is 7.45. The molecule has 3 heterocycles. The van der Waals surface area contributed by atoms with Crippen LogP contribution in [0.2, 0.25) is 0 Å². The van der Waals surface area contributed by atoms with Gasteiger partial charge in [0.25, 0.3) is 5.56 Å². The smallest absolute Gasteiger partial charge is 0.261 e. The molecule has 0 saturated carbocycles. The molecule has 5 nitrogen and oxygen atoms in total. The average molecular weight is 369 g/mol. The van der Waals surface area contributed by atoms with Gasteiger partial charge >= 0.3 is 0 Å². The molecule has 0 atom stereocenters. The van der Waals surface area contributed by atoms with Gasteiger partial charge in [-0.05, 0) is 30.5 Å².